The Bertz CT molecular complexity index is 1200. The van der Waals surface area contributed by atoms with E-state index >= 15 is 0 Å². The number of amides is 1. The van der Waals surface area contributed by atoms with Gasteiger partial charge in [0.1, 0.15) is 17.4 Å². The van der Waals surface area contributed by atoms with E-state index in [1.165, 1.54) is 0 Å². The highest BCUT2D eigenvalue weighted by molar-refractivity contribution is 5.85. The lowest BCUT2D eigenvalue weighted by Gasteiger charge is -2.12. The average molecular weight is 419 g/mol. The molecule has 9 nitrogen and oxygen atoms in total. The van der Waals surface area contributed by atoms with E-state index in [1.54, 1.807) is 37.1 Å². The number of hydrogen-bond acceptors (Lipinski definition) is 7. The van der Waals surface area contributed by atoms with Crippen LogP contribution in [0.5, 0.6) is 5.75 Å². The van der Waals surface area contributed by atoms with E-state index in [0.717, 1.165) is 17.5 Å². The SMILES string of the molecule is C=N/C(=C\c1c(-c2nc3ccc(OC)cn3n2)cnc(NC)c1C)NC(=O)[C@H]1C[C@H]1C. The number of anilines is 1. The summed E-state index contributed by atoms with van der Waals surface area (Å²) in [6.45, 7) is 7.63. The summed E-state index contributed by atoms with van der Waals surface area (Å²) in [6, 6.07) is 3.66. The van der Waals surface area contributed by atoms with Crippen LogP contribution in [0.1, 0.15) is 24.5 Å². The molecule has 1 aliphatic rings. The van der Waals surface area contributed by atoms with Gasteiger partial charge in [-0.1, -0.05) is 6.92 Å². The van der Waals surface area contributed by atoms with Gasteiger partial charge in [-0.05, 0) is 55.3 Å². The molecule has 0 aromatic carbocycles. The van der Waals surface area contributed by atoms with Crippen molar-refractivity contribution in [1.82, 2.24) is 24.9 Å². The molecular formula is C22H25N7O2. The van der Waals surface area contributed by atoms with Crippen LogP contribution < -0.4 is 15.4 Å². The molecule has 1 saturated carbocycles. The van der Waals surface area contributed by atoms with Crippen molar-refractivity contribution in [3.05, 3.63) is 41.5 Å². The predicted octanol–water partition coefficient (Wildman–Crippen LogP) is 2.92. The minimum atomic E-state index is -0.0359. The highest BCUT2D eigenvalue weighted by Crippen LogP contribution is 2.38. The second-order valence-electron chi connectivity index (χ2n) is 7.61. The molecule has 1 aliphatic carbocycles. The first-order valence-corrected chi connectivity index (χ1v) is 10.0. The number of methoxy groups -OCH3 is 1. The maximum atomic E-state index is 12.4. The normalized spacial score (nSPS) is 18.0. The number of nitrogens with zero attached hydrogens (tertiary/aromatic N) is 5. The maximum absolute atomic E-state index is 12.4. The van der Waals surface area contributed by atoms with E-state index in [0.29, 0.717) is 40.3 Å². The minimum absolute atomic E-state index is 0.0334. The molecule has 1 amide bonds. The first-order valence-electron chi connectivity index (χ1n) is 10.0. The van der Waals surface area contributed by atoms with Crippen molar-refractivity contribution in [1.29, 1.82) is 0 Å². The number of carbonyl (C=O) groups excluding carboxylic acids is 1. The lowest BCUT2D eigenvalue weighted by Crippen LogP contribution is -2.24. The Labute approximate surface area is 180 Å². The molecule has 0 unspecified atom stereocenters. The van der Waals surface area contributed by atoms with Crippen LogP contribution in [0.3, 0.4) is 0 Å². The van der Waals surface area contributed by atoms with Crippen molar-refractivity contribution >= 4 is 30.2 Å². The van der Waals surface area contributed by atoms with Crippen LogP contribution in [0.4, 0.5) is 5.82 Å². The molecule has 0 aliphatic heterocycles. The fraction of sp³-hybridized carbons (Fsp3) is 0.318. The summed E-state index contributed by atoms with van der Waals surface area (Å²) in [7, 11) is 3.41. The molecule has 2 N–H and O–H groups in total. The summed E-state index contributed by atoms with van der Waals surface area (Å²) in [5.41, 5.74) is 3.08. The quantitative estimate of drug-likeness (QED) is 0.571. The number of aliphatic imine (C=N–C) groups is 1. The van der Waals surface area contributed by atoms with E-state index in [-0.39, 0.29) is 11.8 Å². The highest BCUT2D eigenvalue weighted by Gasteiger charge is 2.39. The number of nitrogens with one attached hydrogen (secondary N) is 2. The summed E-state index contributed by atoms with van der Waals surface area (Å²) in [5.74, 6) is 2.68. The molecule has 3 heterocycles. The third-order valence-corrected chi connectivity index (χ3v) is 5.54. The number of ether oxygens (including phenoxy) is 1. The minimum Gasteiger partial charge on any atom is -0.495 e. The fourth-order valence-corrected chi connectivity index (χ4v) is 3.50. The summed E-state index contributed by atoms with van der Waals surface area (Å²) < 4.78 is 6.93. The smallest absolute Gasteiger partial charge is 0.228 e. The summed E-state index contributed by atoms with van der Waals surface area (Å²) in [4.78, 5) is 25.6. The predicted molar refractivity (Wildman–Crippen MR) is 120 cm³/mol. The Morgan fingerprint density at radius 1 is 1.42 bits per heavy atom. The summed E-state index contributed by atoms with van der Waals surface area (Å²) in [5, 5.41) is 10.6. The van der Waals surface area contributed by atoms with Crippen LogP contribution >= 0.6 is 0 Å². The molecule has 160 valence electrons. The Morgan fingerprint density at radius 2 is 2.19 bits per heavy atom. The van der Waals surface area contributed by atoms with Crippen molar-refractivity contribution < 1.29 is 9.53 Å². The van der Waals surface area contributed by atoms with Gasteiger partial charge >= 0.3 is 0 Å². The van der Waals surface area contributed by atoms with Gasteiger partial charge in [0, 0.05) is 24.7 Å². The van der Waals surface area contributed by atoms with E-state index in [4.69, 9.17) is 4.74 Å². The van der Waals surface area contributed by atoms with Crippen molar-refractivity contribution in [3.63, 3.8) is 0 Å². The molecule has 2 atom stereocenters. The molecule has 1 fully saturated rings. The monoisotopic (exact) mass is 419 g/mol. The van der Waals surface area contributed by atoms with Gasteiger partial charge in [-0.2, -0.15) is 0 Å². The lowest BCUT2D eigenvalue weighted by atomic mass is 10.0. The lowest BCUT2D eigenvalue weighted by molar-refractivity contribution is -0.121. The summed E-state index contributed by atoms with van der Waals surface area (Å²) in [6.07, 6.45) is 6.16. The molecule has 31 heavy (non-hydrogen) atoms. The fourth-order valence-electron chi connectivity index (χ4n) is 3.50. The van der Waals surface area contributed by atoms with Crippen molar-refractivity contribution in [3.8, 4) is 17.1 Å². The van der Waals surface area contributed by atoms with E-state index < -0.39 is 0 Å². The number of aromatic nitrogens is 4. The van der Waals surface area contributed by atoms with Gasteiger partial charge in [0.2, 0.25) is 5.91 Å². The number of fused-ring (bicyclic) bond motifs is 1. The Balaban J connectivity index is 1.79. The standard InChI is InChI=1S/C22H25N7O2/c1-12-8-15(12)22(30)26-18(23-3)9-16-13(2)20(24-4)25-10-17(16)21-27-19-7-6-14(31-5)11-29(19)28-21/h6-7,9-12,15H,3,8H2,1-2,4-5H3,(H,24,25)(H,26,30)/b18-9+/t12-,15+/m1/s1. The zero-order chi connectivity index (χ0) is 22.1. The number of hydrogen-bond donors (Lipinski definition) is 2. The Kier molecular flexibility index (Phi) is 5.41. The van der Waals surface area contributed by atoms with Crippen LogP contribution in [-0.4, -0.2) is 46.4 Å². The van der Waals surface area contributed by atoms with E-state index in [9.17, 15) is 4.79 Å². The van der Waals surface area contributed by atoms with Gasteiger partial charge in [-0.25, -0.2) is 19.5 Å². The van der Waals surface area contributed by atoms with Crippen LogP contribution in [0.25, 0.3) is 23.1 Å². The van der Waals surface area contributed by atoms with Crippen LogP contribution in [0.2, 0.25) is 0 Å². The van der Waals surface area contributed by atoms with E-state index in [2.05, 4.69) is 44.3 Å². The third kappa shape index (κ3) is 3.98. The van der Waals surface area contributed by atoms with Gasteiger partial charge in [-0.3, -0.25) is 4.79 Å². The average Bonchev–Trinajstić information content (AvgIpc) is 3.36. The Morgan fingerprint density at radius 3 is 2.84 bits per heavy atom. The molecular weight excluding hydrogens is 394 g/mol. The molecule has 3 aromatic heterocycles. The van der Waals surface area contributed by atoms with Gasteiger partial charge in [-0.15, -0.1) is 5.10 Å². The maximum Gasteiger partial charge on any atom is 0.228 e. The highest BCUT2D eigenvalue weighted by atomic mass is 16.5. The first kappa shape index (κ1) is 20.5. The number of pyridine rings is 2. The van der Waals surface area contributed by atoms with Crippen molar-refractivity contribution in [2.45, 2.75) is 20.3 Å². The Hall–Kier alpha value is -3.75. The zero-order valence-corrected chi connectivity index (χ0v) is 18.0. The largest absolute Gasteiger partial charge is 0.495 e. The van der Waals surface area contributed by atoms with Crippen LogP contribution in [0.15, 0.2) is 35.3 Å². The number of rotatable bonds is 7. The molecule has 0 bridgehead atoms. The van der Waals surface area contributed by atoms with E-state index in [1.807, 2.05) is 19.1 Å². The third-order valence-electron chi connectivity index (χ3n) is 5.54. The molecule has 0 radical (unpaired) electrons. The molecule has 0 spiro atoms. The first-order chi connectivity index (χ1) is 14.9. The second kappa shape index (κ2) is 8.17. The van der Waals surface area contributed by atoms with Gasteiger partial charge < -0.3 is 15.4 Å². The molecule has 9 heteroatoms. The number of carbonyl (C=O) groups is 1. The summed E-state index contributed by atoms with van der Waals surface area (Å²) >= 11 is 0. The zero-order valence-electron chi connectivity index (χ0n) is 18.0. The van der Waals surface area contributed by atoms with Gasteiger partial charge in [0.15, 0.2) is 11.5 Å². The van der Waals surface area contributed by atoms with Crippen molar-refractivity contribution in [2.75, 3.05) is 19.5 Å². The second-order valence-corrected chi connectivity index (χ2v) is 7.61. The van der Waals surface area contributed by atoms with Crippen molar-refractivity contribution in [2.24, 2.45) is 16.8 Å². The van der Waals surface area contributed by atoms with Crippen LogP contribution in [-0.2, 0) is 4.79 Å². The van der Waals surface area contributed by atoms with Gasteiger partial charge in [0.05, 0.1) is 13.3 Å². The molecule has 3 aromatic rings. The van der Waals surface area contributed by atoms with Gasteiger partial charge in [0.25, 0.3) is 0 Å². The van der Waals surface area contributed by atoms with Crippen LogP contribution in [0, 0.1) is 18.8 Å². The molecule has 4 rings (SSSR count). The topological polar surface area (TPSA) is 106 Å². The molecule has 0 saturated heterocycles.